The van der Waals surface area contributed by atoms with Crippen molar-refractivity contribution in [1.29, 1.82) is 0 Å². The Morgan fingerprint density at radius 1 is 0.721 bits per heavy atom. The maximum atomic E-state index is 14.4. The van der Waals surface area contributed by atoms with E-state index >= 15 is 0 Å². The highest BCUT2D eigenvalue weighted by molar-refractivity contribution is 9.10. The number of anilines is 2. The number of hydrogen-bond donors (Lipinski definition) is 3. The molecular weight excluding hydrogens is 963 g/mol. The summed E-state index contributed by atoms with van der Waals surface area (Å²) in [5.74, 6) is -0.156. The predicted octanol–water partition coefficient (Wildman–Crippen LogP) is 12.0. The van der Waals surface area contributed by atoms with E-state index in [2.05, 4.69) is 52.0 Å². The SMILES string of the molecule is Cc1cc(-c2cnc3c(NCCC(F)(F)F)cc(Br)nn23)ccc1C(=O)CC1CC1.Cc1ccc(F)c(Oc2cc(NCCC(F)(F)F)c3ncc(-c4ccc(C(=O)NC5CC5)c(C)c4)n3n2)c1. The number of fused-ring (bicyclic) bond motifs is 2. The molecule has 356 valence electrons. The van der Waals surface area contributed by atoms with Gasteiger partial charge in [-0.25, -0.2) is 23.4 Å². The van der Waals surface area contributed by atoms with Crippen LogP contribution in [0.2, 0.25) is 0 Å². The van der Waals surface area contributed by atoms with Crippen molar-refractivity contribution in [1.82, 2.24) is 34.5 Å². The summed E-state index contributed by atoms with van der Waals surface area (Å²) in [4.78, 5) is 33.7. The first-order valence-electron chi connectivity index (χ1n) is 21.8. The van der Waals surface area contributed by atoms with E-state index in [-0.39, 0.29) is 47.2 Å². The van der Waals surface area contributed by atoms with E-state index in [4.69, 9.17) is 4.74 Å². The number of aryl methyl sites for hydroxylation is 3. The molecule has 0 bridgehead atoms. The lowest BCUT2D eigenvalue weighted by molar-refractivity contribution is -0.132. The Balaban J connectivity index is 0.000000189. The number of aromatic nitrogens is 6. The van der Waals surface area contributed by atoms with Crippen molar-refractivity contribution < 1.29 is 45.1 Å². The molecule has 68 heavy (non-hydrogen) atoms. The molecular formula is C48H45BrF7N9O3. The van der Waals surface area contributed by atoms with E-state index in [9.17, 15) is 40.3 Å². The number of alkyl halides is 6. The van der Waals surface area contributed by atoms with Crippen LogP contribution in [0.3, 0.4) is 0 Å². The molecule has 0 spiro atoms. The standard InChI is InChI=1S/C27H25F4N5O2.C21H20BrF3N4O/c1-15-3-8-20(28)23(11-15)38-24-13-21(32-10-9-27(29,30)31)25-33-14-22(36(25)35-24)17-4-7-19(16(2)12-17)26(37)34-18-5-6-18;1-12-8-14(4-5-15(12)18(30)9-13-2-3-13)17-11-27-20-16(10-19(22)28-29(17)20)26-7-6-21(23,24)25/h3-4,7-8,11-14,18,32H,5-6,9-10H2,1-2H3,(H,34,37);4-5,8,10-11,13,26H,2-3,6-7,9H2,1H3. The molecule has 0 radical (unpaired) electrons. The van der Waals surface area contributed by atoms with Gasteiger partial charge in [-0.3, -0.25) is 9.59 Å². The number of imidazole rings is 2. The molecule has 1 amide bonds. The van der Waals surface area contributed by atoms with Crippen molar-refractivity contribution in [2.24, 2.45) is 5.92 Å². The molecule has 0 unspecified atom stereocenters. The number of carbonyl (C=O) groups is 2. The van der Waals surface area contributed by atoms with Gasteiger partial charge in [-0.05, 0) is 121 Å². The largest absolute Gasteiger partial charge is 0.434 e. The molecule has 2 aliphatic rings. The maximum absolute atomic E-state index is 14.4. The van der Waals surface area contributed by atoms with Gasteiger partial charge in [-0.2, -0.15) is 31.4 Å². The smallest absolute Gasteiger partial charge is 0.390 e. The molecule has 2 fully saturated rings. The fraction of sp³-hybridized carbons (Fsp3) is 0.333. The summed E-state index contributed by atoms with van der Waals surface area (Å²) in [6.45, 7) is 4.85. The van der Waals surface area contributed by atoms with E-state index in [1.807, 2.05) is 38.1 Å². The van der Waals surface area contributed by atoms with E-state index in [0.717, 1.165) is 53.5 Å². The van der Waals surface area contributed by atoms with Crippen LogP contribution in [0.25, 0.3) is 33.8 Å². The molecule has 7 aromatic rings. The minimum Gasteiger partial charge on any atom is -0.434 e. The molecule has 12 nitrogen and oxygen atoms in total. The second-order valence-corrected chi connectivity index (χ2v) is 17.8. The Labute approximate surface area is 393 Å². The summed E-state index contributed by atoms with van der Waals surface area (Å²) in [5, 5.41) is 17.4. The average molecular weight is 1010 g/mol. The Hall–Kier alpha value is -6.57. The lowest BCUT2D eigenvalue weighted by Crippen LogP contribution is -2.26. The molecule has 3 N–H and O–H groups in total. The quantitative estimate of drug-likeness (QED) is 0.0676. The zero-order valence-electron chi connectivity index (χ0n) is 37.0. The molecule has 4 heterocycles. The number of carbonyl (C=O) groups excluding carboxylic acids is 2. The first kappa shape index (κ1) is 47.9. The molecule has 0 saturated heterocycles. The second kappa shape index (κ2) is 19.6. The number of ether oxygens (including phenoxy) is 1. The van der Waals surface area contributed by atoms with Crippen molar-refractivity contribution in [3.63, 3.8) is 0 Å². The topological polar surface area (TPSA) is 140 Å². The van der Waals surface area contributed by atoms with Gasteiger partial charge >= 0.3 is 12.4 Å². The number of benzene rings is 3. The van der Waals surface area contributed by atoms with Gasteiger partial charge in [0.25, 0.3) is 5.91 Å². The number of amides is 1. The number of nitrogens with zero attached hydrogens (tertiary/aromatic N) is 6. The normalized spacial score (nSPS) is 13.9. The first-order chi connectivity index (χ1) is 32.3. The molecule has 2 aliphatic carbocycles. The summed E-state index contributed by atoms with van der Waals surface area (Å²) in [5.41, 5.74) is 7.79. The molecule has 9 rings (SSSR count). The lowest BCUT2D eigenvalue weighted by Gasteiger charge is -2.13. The van der Waals surface area contributed by atoms with Crippen LogP contribution in [0, 0.1) is 32.5 Å². The van der Waals surface area contributed by atoms with Gasteiger partial charge in [-0.1, -0.05) is 24.3 Å². The Morgan fingerprint density at radius 2 is 1.28 bits per heavy atom. The third-order valence-corrected chi connectivity index (χ3v) is 11.7. The van der Waals surface area contributed by atoms with Crippen molar-refractivity contribution in [2.75, 3.05) is 23.7 Å². The number of hydrogen-bond acceptors (Lipinski definition) is 9. The number of halogens is 8. The van der Waals surface area contributed by atoms with Crippen LogP contribution in [0.5, 0.6) is 11.6 Å². The summed E-state index contributed by atoms with van der Waals surface area (Å²) < 4.78 is 99.3. The number of ketones is 1. The van der Waals surface area contributed by atoms with E-state index in [0.29, 0.717) is 50.8 Å². The third-order valence-electron chi connectivity index (χ3n) is 11.3. The van der Waals surface area contributed by atoms with Crippen LogP contribution >= 0.6 is 15.9 Å². The second-order valence-electron chi connectivity index (χ2n) is 17.0. The Bertz CT molecular complexity index is 3020. The minimum atomic E-state index is -4.34. The summed E-state index contributed by atoms with van der Waals surface area (Å²) in [6.07, 6.45) is -2.59. The predicted molar refractivity (Wildman–Crippen MR) is 246 cm³/mol. The van der Waals surface area contributed by atoms with Gasteiger partial charge in [0, 0.05) is 53.9 Å². The van der Waals surface area contributed by atoms with Crippen LogP contribution in [-0.2, 0) is 0 Å². The van der Waals surface area contributed by atoms with Crippen LogP contribution < -0.4 is 20.7 Å². The van der Waals surface area contributed by atoms with Gasteiger partial charge in [0.15, 0.2) is 28.6 Å². The van der Waals surface area contributed by atoms with E-state index in [1.54, 1.807) is 41.9 Å². The summed E-state index contributed by atoms with van der Waals surface area (Å²) in [7, 11) is 0. The van der Waals surface area contributed by atoms with Gasteiger partial charge in [-0.15, -0.1) is 5.10 Å². The molecule has 0 atom stereocenters. The Morgan fingerprint density at radius 3 is 1.82 bits per heavy atom. The fourth-order valence-electron chi connectivity index (χ4n) is 7.47. The Kier molecular flexibility index (Phi) is 13.8. The van der Waals surface area contributed by atoms with Gasteiger partial charge in [0.05, 0.1) is 48.0 Å². The van der Waals surface area contributed by atoms with Crippen molar-refractivity contribution >= 4 is 50.3 Å². The van der Waals surface area contributed by atoms with Crippen LogP contribution in [0.4, 0.5) is 42.1 Å². The number of nitrogens with one attached hydrogen (secondary N) is 3. The molecule has 2 saturated carbocycles. The first-order valence-corrected chi connectivity index (χ1v) is 22.6. The summed E-state index contributed by atoms with van der Waals surface area (Å²) >= 11 is 3.31. The van der Waals surface area contributed by atoms with E-state index < -0.39 is 37.6 Å². The molecule has 4 aromatic heterocycles. The van der Waals surface area contributed by atoms with Crippen LogP contribution in [-0.4, -0.2) is 72.4 Å². The van der Waals surface area contributed by atoms with Gasteiger partial charge < -0.3 is 20.7 Å². The highest BCUT2D eigenvalue weighted by Gasteiger charge is 2.29. The zero-order valence-corrected chi connectivity index (χ0v) is 38.5. The molecule has 3 aromatic carbocycles. The number of Topliss-reactive ketones (excluding diaryl/α,β-unsaturated/α-hetero) is 1. The number of rotatable bonds is 15. The van der Waals surface area contributed by atoms with Gasteiger partial charge in [0.2, 0.25) is 5.88 Å². The minimum absolute atomic E-state index is 0.0343. The zero-order chi connectivity index (χ0) is 48.5. The molecule has 0 aliphatic heterocycles. The maximum Gasteiger partial charge on any atom is 0.390 e. The lowest BCUT2D eigenvalue weighted by atomic mass is 9.98. The van der Waals surface area contributed by atoms with Crippen LogP contribution in [0.15, 0.2) is 83.7 Å². The van der Waals surface area contributed by atoms with Crippen molar-refractivity contribution in [3.8, 4) is 34.1 Å². The summed E-state index contributed by atoms with van der Waals surface area (Å²) in [6, 6.07) is 18.5. The highest BCUT2D eigenvalue weighted by atomic mass is 79.9. The highest BCUT2D eigenvalue weighted by Crippen LogP contribution is 2.36. The van der Waals surface area contributed by atoms with Crippen molar-refractivity contribution in [2.45, 2.75) is 84.1 Å². The van der Waals surface area contributed by atoms with Gasteiger partial charge in [0.1, 0.15) is 4.60 Å². The van der Waals surface area contributed by atoms with Crippen LogP contribution in [0.1, 0.15) is 82.4 Å². The van der Waals surface area contributed by atoms with E-state index in [1.165, 1.54) is 28.9 Å². The third kappa shape index (κ3) is 11.9. The molecule has 20 heteroatoms. The van der Waals surface area contributed by atoms with Crippen molar-refractivity contribution in [3.05, 3.63) is 117 Å². The monoisotopic (exact) mass is 1010 g/mol. The average Bonchev–Trinajstić information content (AvgIpc) is 4.18. The fourth-order valence-corrected chi connectivity index (χ4v) is 7.85.